The molecule has 3 aromatic carbocycles. The molecule has 0 bridgehead atoms. The van der Waals surface area contributed by atoms with Crippen molar-refractivity contribution in [3.8, 4) is 34.1 Å². The topological polar surface area (TPSA) is 78.9 Å². The lowest BCUT2D eigenvalue weighted by Gasteiger charge is -2.08. The third kappa shape index (κ3) is 3.41. The number of ether oxygens (including phenoxy) is 2. The number of rotatable bonds is 4. The Bertz CT molecular complexity index is 1480. The lowest BCUT2D eigenvalue weighted by Crippen LogP contribution is -2.01. The maximum Gasteiger partial charge on any atom is 0.193 e. The minimum atomic E-state index is -0.154. The number of hydrogen-bond donors (Lipinski definition) is 0. The second-order valence-electron chi connectivity index (χ2n) is 7.25. The van der Waals surface area contributed by atoms with Gasteiger partial charge in [0.15, 0.2) is 10.9 Å². The van der Waals surface area contributed by atoms with Crippen LogP contribution in [0.15, 0.2) is 91.2 Å². The van der Waals surface area contributed by atoms with Gasteiger partial charge in [0.05, 0.1) is 25.0 Å². The number of hydrogen-bond acceptors (Lipinski definition) is 6. The van der Waals surface area contributed by atoms with Crippen LogP contribution >= 0.6 is 0 Å². The van der Waals surface area contributed by atoms with Gasteiger partial charge < -0.3 is 18.3 Å². The standard InChI is InChI=1S/C26H18O6/c1-29-17-6-8-19-21(27)13-23(31-25(19)11-17)15-4-3-5-16(10-15)24-14-22(28)20-9-7-18(30-2)12-26(20)32-24/h3-14H,1-2H3. The van der Waals surface area contributed by atoms with Crippen molar-refractivity contribution in [2.75, 3.05) is 14.2 Å². The summed E-state index contributed by atoms with van der Waals surface area (Å²) in [5.74, 6) is 2.00. The van der Waals surface area contributed by atoms with Gasteiger partial charge in [-0.2, -0.15) is 0 Å². The Kier molecular flexibility index (Phi) is 4.75. The van der Waals surface area contributed by atoms with E-state index < -0.39 is 0 Å². The zero-order valence-corrected chi connectivity index (χ0v) is 17.4. The van der Waals surface area contributed by atoms with Crippen LogP contribution in [0.2, 0.25) is 0 Å². The Hall–Kier alpha value is -4.32. The molecule has 0 atom stereocenters. The Morgan fingerprint density at radius 1 is 0.594 bits per heavy atom. The highest BCUT2D eigenvalue weighted by atomic mass is 16.5. The lowest BCUT2D eigenvalue weighted by molar-refractivity contribution is 0.414. The van der Waals surface area contributed by atoms with Crippen molar-refractivity contribution in [1.82, 2.24) is 0 Å². The molecule has 0 saturated carbocycles. The molecule has 6 nitrogen and oxygen atoms in total. The lowest BCUT2D eigenvalue weighted by atomic mass is 10.1. The second-order valence-corrected chi connectivity index (χ2v) is 7.25. The van der Waals surface area contributed by atoms with Crippen molar-refractivity contribution in [1.29, 1.82) is 0 Å². The summed E-state index contributed by atoms with van der Waals surface area (Å²) >= 11 is 0. The molecule has 0 aliphatic carbocycles. The van der Waals surface area contributed by atoms with Crippen molar-refractivity contribution >= 4 is 21.9 Å². The summed E-state index contributed by atoms with van der Waals surface area (Å²) in [5, 5.41) is 0.945. The van der Waals surface area contributed by atoms with E-state index in [2.05, 4.69) is 0 Å². The summed E-state index contributed by atoms with van der Waals surface area (Å²) in [7, 11) is 3.11. The average molecular weight is 426 g/mol. The molecule has 5 rings (SSSR count). The Labute approximate surface area is 182 Å². The van der Waals surface area contributed by atoms with Crippen LogP contribution in [0.25, 0.3) is 44.6 Å². The molecule has 6 heteroatoms. The fourth-order valence-corrected chi connectivity index (χ4v) is 3.64. The van der Waals surface area contributed by atoms with Gasteiger partial charge in [-0.25, -0.2) is 0 Å². The van der Waals surface area contributed by atoms with E-state index in [-0.39, 0.29) is 10.9 Å². The van der Waals surface area contributed by atoms with E-state index >= 15 is 0 Å². The summed E-state index contributed by atoms with van der Waals surface area (Å²) in [6.45, 7) is 0. The van der Waals surface area contributed by atoms with Gasteiger partial charge in [-0.15, -0.1) is 0 Å². The molecule has 5 aromatic rings. The second kappa shape index (κ2) is 7.74. The molecular weight excluding hydrogens is 408 g/mol. The Morgan fingerprint density at radius 3 is 1.50 bits per heavy atom. The van der Waals surface area contributed by atoms with E-state index in [4.69, 9.17) is 18.3 Å². The van der Waals surface area contributed by atoms with Crippen molar-refractivity contribution in [2.24, 2.45) is 0 Å². The van der Waals surface area contributed by atoms with Gasteiger partial charge in [0.2, 0.25) is 0 Å². The van der Waals surface area contributed by atoms with Crippen LogP contribution < -0.4 is 20.3 Å². The number of methoxy groups -OCH3 is 2. The van der Waals surface area contributed by atoms with Gasteiger partial charge in [0.1, 0.15) is 34.2 Å². The zero-order valence-electron chi connectivity index (χ0n) is 17.4. The molecule has 2 heterocycles. The maximum absolute atomic E-state index is 12.6. The summed E-state index contributed by atoms with van der Waals surface area (Å²) in [5.41, 5.74) is 1.91. The van der Waals surface area contributed by atoms with Crippen molar-refractivity contribution in [3.05, 3.63) is 93.2 Å². The fraction of sp³-hybridized carbons (Fsp3) is 0.0769. The fourth-order valence-electron chi connectivity index (χ4n) is 3.64. The van der Waals surface area contributed by atoms with E-state index in [1.165, 1.54) is 12.1 Å². The summed E-state index contributed by atoms with van der Waals surface area (Å²) in [6.07, 6.45) is 0. The van der Waals surface area contributed by atoms with E-state index in [0.717, 1.165) is 0 Å². The van der Waals surface area contributed by atoms with Crippen LogP contribution in [0.4, 0.5) is 0 Å². The zero-order chi connectivity index (χ0) is 22.2. The molecule has 0 spiro atoms. The largest absolute Gasteiger partial charge is 0.497 e. The maximum atomic E-state index is 12.6. The summed E-state index contributed by atoms with van der Waals surface area (Å²) < 4.78 is 22.5. The SMILES string of the molecule is COc1ccc2c(=O)cc(-c3cccc(-c4cc(=O)c5ccc(OC)cc5o4)c3)oc2c1. The van der Waals surface area contributed by atoms with Gasteiger partial charge in [-0.3, -0.25) is 9.59 Å². The molecule has 158 valence electrons. The summed E-state index contributed by atoms with van der Waals surface area (Å²) in [6, 6.07) is 20.4. The third-order valence-electron chi connectivity index (χ3n) is 5.30. The van der Waals surface area contributed by atoms with Crippen LogP contribution in [-0.4, -0.2) is 14.2 Å². The van der Waals surface area contributed by atoms with Crippen molar-refractivity contribution in [3.63, 3.8) is 0 Å². The minimum absolute atomic E-state index is 0.154. The molecular formula is C26H18O6. The molecule has 0 saturated heterocycles. The van der Waals surface area contributed by atoms with E-state index in [9.17, 15) is 9.59 Å². The Balaban J connectivity index is 1.64. The first kappa shape index (κ1) is 19.6. The minimum Gasteiger partial charge on any atom is -0.497 e. The van der Waals surface area contributed by atoms with Gasteiger partial charge in [-0.05, 0) is 30.3 Å². The smallest absolute Gasteiger partial charge is 0.193 e. The molecule has 0 radical (unpaired) electrons. The highest BCUT2D eigenvalue weighted by Gasteiger charge is 2.12. The van der Waals surface area contributed by atoms with Gasteiger partial charge in [-0.1, -0.05) is 18.2 Å². The van der Waals surface area contributed by atoms with Gasteiger partial charge in [0.25, 0.3) is 0 Å². The molecule has 0 N–H and O–H groups in total. The van der Waals surface area contributed by atoms with Crippen LogP contribution in [0.3, 0.4) is 0 Å². The normalized spacial score (nSPS) is 11.1. The van der Waals surface area contributed by atoms with Crippen LogP contribution in [0.1, 0.15) is 0 Å². The highest BCUT2D eigenvalue weighted by Crippen LogP contribution is 2.30. The Morgan fingerprint density at radius 2 is 1.06 bits per heavy atom. The third-order valence-corrected chi connectivity index (χ3v) is 5.30. The van der Waals surface area contributed by atoms with E-state index in [1.807, 2.05) is 24.3 Å². The van der Waals surface area contributed by atoms with E-state index in [1.54, 1.807) is 50.6 Å². The number of fused-ring (bicyclic) bond motifs is 2. The molecule has 0 fully saturated rings. The first-order valence-electron chi connectivity index (χ1n) is 9.90. The van der Waals surface area contributed by atoms with Crippen LogP contribution in [-0.2, 0) is 0 Å². The van der Waals surface area contributed by atoms with Crippen molar-refractivity contribution < 1.29 is 18.3 Å². The van der Waals surface area contributed by atoms with Crippen LogP contribution in [0.5, 0.6) is 11.5 Å². The van der Waals surface area contributed by atoms with Gasteiger partial charge in [0, 0.05) is 35.4 Å². The highest BCUT2D eigenvalue weighted by molar-refractivity contribution is 5.82. The first-order valence-corrected chi connectivity index (χ1v) is 9.90. The van der Waals surface area contributed by atoms with Crippen LogP contribution in [0, 0.1) is 0 Å². The average Bonchev–Trinajstić information content (AvgIpc) is 2.83. The molecule has 0 amide bonds. The monoisotopic (exact) mass is 426 g/mol. The number of benzene rings is 3. The predicted molar refractivity (Wildman–Crippen MR) is 123 cm³/mol. The van der Waals surface area contributed by atoms with E-state index in [0.29, 0.717) is 56.1 Å². The molecule has 2 aromatic heterocycles. The summed E-state index contributed by atoms with van der Waals surface area (Å²) in [4.78, 5) is 25.2. The predicted octanol–water partition coefficient (Wildman–Crippen LogP) is 5.25. The first-order chi connectivity index (χ1) is 15.6. The molecule has 0 unspecified atom stereocenters. The molecule has 32 heavy (non-hydrogen) atoms. The van der Waals surface area contributed by atoms with Crippen molar-refractivity contribution in [2.45, 2.75) is 0 Å². The quantitative estimate of drug-likeness (QED) is 0.391. The molecule has 0 aliphatic rings. The molecule has 0 aliphatic heterocycles. The van der Waals surface area contributed by atoms with Gasteiger partial charge >= 0.3 is 0 Å².